The smallest absolute Gasteiger partial charge is 0.323 e. The minimum atomic E-state index is -0.489. The van der Waals surface area contributed by atoms with Gasteiger partial charge >= 0.3 is 5.69 Å². The molecule has 3 rings (SSSR count). The normalized spacial score (nSPS) is 12.0. The van der Waals surface area contributed by atoms with Crippen molar-refractivity contribution in [1.29, 1.82) is 0 Å². The number of fused-ring (bicyclic) bond motifs is 1. The van der Waals surface area contributed by atoms with Crippen LogP contribution in [0.5, 0.6) is 0 Å². The van der Waals surface area contributed by atoms with E-state index >= 15 is 0 Å². The molecule has 0 saturated heterocycles. The molecule has 0 aliphatic carbocycles. The van der Waals surface area contributed by atoms with Gasteiger partial charge in [-0.2, -0.15) is 0 Å². The van der Waals surface area contributed by atoms with Gasteiger partial charge in [0.05, 0.1) is 11.0 Å². The summed E-state index contributed by atoms with van der Waals surface area (Å²) in [6.45, 7) is 5.41. The molecule has 8 nitrogen and oxygen atoms in total. The Morgan fingerprint density at radius 3 is 2.04 bits per heavy atom. The highest BCUT2D eigenvalue weighted by Gasteiger charge is 2.14. The first-order valence-electron chi connectivity index (χ1n) is 9.02. The molecule has 5 N–H and O–H groups in total. The van der Waals surface area contributed by atoms with Gasteiger partial charge in [0.15, 0.2) is 0 Å². The maximum absolute atomic E-state index is 12.4. The van der Waals surface area contributed by atoms with E-state index < -0.39 is 6.04 Å². The third-order valence-electron chi connectivity index (χ3n) is 4.24. The van der Waals surface area contributed by atoms with Gasteiger partial charge in [-0.05, 0) is 49.4 Å². The molecule has 0 spiro atoms. The van der Waals surface area contributed by atoms with Crippen LogP contribution < -0.4 is 21.6 Å². The molecule has 0 saturated carbocycles. The van der Waals surface area contributed by atoms with E-state index in [9.17, 15) is 14.4 Å². The van der Waals surface area contributed by atoms with E-state index in [1.807, 2.05) is 13.8 Å². The van der Waals surface area contributed by atoms with Crippen LogP contribution in [0.3, 0.4) is 0 Å². The molecule has 28 heavy (non-hydrogen) atoms. The van der Waals surface area contributed by atoms with Gasteiger partial charge in [0.25, 0.3) is 0 Å². The number of amides is 2. The van der Waals surface area contributed by atoms with E-state index in [0.717, 1.165) is 5.69 Å². The Morgan fingerprint density at radius 1 is 0.786 bits per heavy atom. The topological polar surface area (TPSA) is 119 Å². The van der Waals surface area contributed by atoms with Crippen LogP contribution in [0.25, 0.3) is 11.0 Å². The fourth-order valence-electron chi connectivity index (χ4n) is 2.61. The van der Waals surface area contributed by atoms with Gasteiger partial charge in [-0.3, -0.25) is 9.59 Å². The maximum Gasteiger partial charge on any atom is 0.323 e. The van der Waals surface area contributed by atoms with Crippen LogP contribution in [0, 0.1) is 5.92 Å². The molecule has 0 aliphatic rings. The fourth-order valence-corrected chi connectivity index (χ4v) is 2.61. The highest BCUT2D eigenvalue weighted by molar-refractivity contribution is 5.97. The predicted molar refractivity (Wildman–Crippen MR) is 111 cm³/mol. The van der Waals surface area contributed by atoms with Crippen molar-refractivity contribution in [3.63, 3.8) is 0 Å². The SMILES string of the molecule is CC(C)C(=O)Nc1ccc(NC(C)C(=O)Nc2ccc3[nH]c(=O)[nH]c3c2)cc1. The van der Waals surface area contributed by atoms with Gasteiger partial charge < -0.3 is 25.9 Å². The molecule has 3 aromatic rings. The molecule has 146 valence electrons. The first kappa shape index (κ1) is 19.2. The van der Waals surface area contributed by atoms with Crippen molar-refractivity contribution in [1.82, 2.24) is 9.97 Å². The van der Waals surface area contributed by atoms with Gasteiger partial charge in [0.2, 0.25) is 11.8 Å². The molecule has 2 amide bonds. The van der Waals surface area contributed by atoms with Crippen LogP contribution in [0.2, 0.25) is 0 Å². The van der Waals surface area contributed by atoms with Crippen LogP contribution in [-0.4, -0.2) is 27.8 Å². The van der Waals surface area contributed by atoms with Gasteiger partial charge in [-0.15, -0.1) is 0 Å². The average molecular weight is 381 g/mol. The average Bonchev–Trinajstić information content (AvgIpc) is 3.02. The van der Waals surface area contributed by atoms with Gasteiger partial charge in [0, 0.05) is 23.0 Å². The van der Waals surface area contributed by atoms with Crippen LogP contribution in [-0.2, 0) is 9.59 Å². The lowest BCUT2D eigenvalue weighted by Gasteiger charge is -2.16. The Labute approximate surface area is 161 Å². The van der Waals surface area contributed by atoms with Crippen molar-refractivity contribution in [2.45, 2.75) is 26.8 Å². The summed E-state index contributed by atoms with van der Waals surface area (Å²) in [5.74, 6) is -0.353. The Kier molecular flexibility index (Phi) is 5.49. The van der Waals surface area contributed by atoms with Crippen LogP contribution in [0.15, 0.2) is 47.3 Å². The van der Waals surface area contributed by atoms with Crippen molar-refractivity contribution < 1.29 is 9.59 Å². The van der Waals surface area contributed by atoms with Crippen molar-refractivity contribution in [2.24, 2.45) is 5.92 Å². The zero-order chi connectivity index (χ0) is 20.3. The van der Waals surface area contributed by atoms with Crippen molar-refractivity contribution in [3.8, 4) is 0 Å². The molecule has 1 heterocycles. The van der Waals surface area contributed by atoms with Crippen molar-refractivity contribution >= 4 is 39.9 Å². The van der Waals surface area contributed by atoms with Crippen LogP contribution in [0.4, 0.5) is 17.1 Å². The summed E-state index contributed by atoms with van der Waals surface area (Å²) < 4.78 is 0. The molecule has 2 aromatic carbocycles. The predicted octanol–water partition coefficient (Wildman–Crippen LogP) is 2.89. The Balaban J connectivity index is 1.60. The zero-order valence-electron chi connectivity index (χ0n) is 15.9. The minimum Gasteiger partial charge on any atom is -0.374 e. The van der Waals surface area contributed by atoms with Gasteiger partial charge in [-0.1, -0.05) is 13.8 Å². The number of rotatable bonds is 6. The Bertz CT molecular complexity index is 1050. The molecular formula is C20H23N5O3. The number of aromatic nitrogens is 2. The molecule has 1 atom stereocenters. The number of anilines is 3. The fraction of sp³-hybridized carbons (Fsp3) is 0.250. The second kappa shape index (κ2) is 7.99. The Hall–Kier alpha value is -3.55. The molecule has 1 unspecified atom stereocenters. The largest absolute Gasteiger partial charge is 0.374 e. The van der Waals surface area contributed by atoms with Crippen molar-refractivity contribution in [2.75, 3.05) is 16.0 Å². The number of carbonyl (C=O) groups is 2. The lowest BCUT2D eigenvalue weighted by atomic mass is 10.2. The van der Waals surface area contributed by atoms with E-state index in [1.54, 1.807) is 49.4 Å². The Morgan fingerprint density at radius 2 is 1.36 bits per heavy atom. The first-order valence-corrected chi connectivity index (χ1v) is 9.02. The van der Waals surface area contributed by atoms with E-state index in [4.69, 9.17) is 0 Å². The monoisotopic (exact) mass is 381 g/mol. The van der Waals surface area contributed by atoms with E-state index in [0.29, 0.717) is 22.4 Å². The first-order chi connectivity index (χ1) is 13.3. The van der Waals surface area contributed by atoms with Gasteiger partial charge in [-0.25, -0.2) is 4.79 Å². The summed E-state index contributed by atoms with van der Waals surface area (Å²) in [6, 6.07) is 11.8. The van der Waals surface area contributed by atoms with Crippen molar-refractivity contribution in [3.05, 3.63) is 52.9 Å². The second-order valence-electron chi connectivity index (χ2n) is 6.92. The molecule has 0 aliphatic heterocycles. The van der Waals surface area contributed by atoms with E-state index in [2.05, 4.69) is 25.9 Å². The summed E-state index contributed by atoms with van der Waals surface area (Å²) in [6.07, 6.45) is 0. The lowest BCUT2D eigenvalue weighted by Crippen LogP contribution is -2.31. The number of aromatic amines is 2. The second-order valence-corrected chi connectivity index (χ2v) is 6.92. The highest BCUT2D eigenvalue weighted by Crippen LogP contribution is 2.17. The molecule has 0 bridgehead atoms. The molecule has 0 radical (unpaired) electrons. The summed E-state index contributed by atoms with van der Waals surface area (Å²) >= 11 is 0. The van der Waals surface area contributed by atoms with Crippen LogP contribution in [0.1, 0.15) is 20.8 Å². The number of carbonyl (C=O) groups excluding carboxylic acids is 2. The van der Waals surface area contributed by atoms with E-state index in [1.165, 1.54) is 0 Å². The molecular weight excluding hydrogens is 358 g/mol. The minimum absolute atomic E-state index is 0.0470. The number of nitrogens with one attached hydrogen (secondary N) is 5. The maximum atomic E-state index is 12.4. The zero-order valence-corrected chi connectivity index (χ0v) is 15.9. The quantitative estimate of drug-likeness (QED) is 0.451. The summed E-state index contributed by atoms with van der Waals surface area (Å²) in [5, 5.41) is 8.76. The number of hydrogen-bond acceptors (Lipinski definition) is 4. The standard InChI is InChI=1S/C20H23N5O3/c1-11(2)18(26)22-14-6-4-13(5-7-14)21-12(3)19(27)23-15-8-9-16-17(10-15)25-20(28)24-16/h4-12,21H,1-3H3,(H,22,26)(H,23,27)(H2,24,25,28). The number of imidazole rings is 1. The highest BCUT2D eigenvalue weighted by atomic mass is 16.2. The molecule has 0 fully saturated rings. The molecule has 8 heteroatoms. The summed E-state index contributed by atoms with van der Waals surface area (Å²) in [7, 11) is 0. The summed E-state index contributed by atoms with van der Waals surface area (Å²) in [5.41, 5.74) is 3.07. The van der Waals surface area contributed by atoms with Gasteiger partial charge in [0.1, 0.15) is 6.04 Å². The number of H-pyrrole nitrogens is 2. The third kappa shape index (κ3) is 4.59. The van der Waals surface area contributed by atoms with E-state index in [-0.39, 0.29) is 23.4 Å². The summed E-state index contributed by atoms with van der Waals surface area (Å²) in [4.78, 5) is 40.8. The third-order valence-corrected chi connectivity index (χ3v) is 4.24. The number of hydrogen-bond donors (Lipinski definition) is 5. The van der Waals surface area contributed by atoms with Crippen LogP contribution >= 0.6 is 0 Å². The molecule has 1 aromatic heterocycles. The lowest BCUT2D eigenvalue weighted by molar-refractivity contribution is -0.119. The number of benzene rings is 2.